The van der Waals surface area contributed by atoms with Crippen molar-refractivity contribution in [1.82, 2.24) is 10.3 Å². The molecular weight excluding hydrogens is 350 g/mol. The van der Waals surface area contributed by atoms with Crippen molar-refractivity contribution in [3.63, 3.8) is 0 Å². The highest BCUT2D eigenvalue weighted by Crippen LogP contribution is 2.34. The Hall–Kier alpha value is -3.06. The number of amides is 3. The number of carbonyl (C=O) groups is 3. The van der Waals surface area contributed by atoms with Crippen LogP contribution in [0.3, 0.4) is 0 Å². The Kier molecular flexibility index (Phi) is 3.81. The number of nitrogens with zero attached hydrogens (tertiary/aromatic N) is 2. The number of thiazole rings is 1. The van der Waals surface area contributed by atoms with Crippen LogP contribution in [0.2, 0.25) is 0 Å². The summed E-state index contributed by atoms with van der Waals surface area (Å²) >= 11 is 1.22. The van der Waals surface area contributed by atoms with Crippen LogP contribution in [0.15, 0.2) is 42.5 Å². The number of imide groups is 1. The van der Waals surface area contributed by atoms with Crippen molar-refractivity contribution in [2.45, 2.75) is 19.9 Å². The number of benzene rings is 2. The first-order valence-corrected chi connectivity index (χ1v) is 8.96. The molecule has 0 bridgehead atoms. The molecule has 1 N–H and O–H groups in total. The fourth-order valence-electron chi connectivity index (χ4n) is 2.86. The lowest BCUT2D eigenvalue weighted by Gasteiger charge is -2.08. The molecule has 1 aromatic heterocycles. The van der Waals surface area contributed by atoms with Gasteiger partial charge >= 0.3 is 0 Å². The highest BCUT2D eigenvalue weighted by molar-refractivity contribution is 7.22. The Labute approximate surface area is 153 Å². The second-order valence-corrected chi connectivity index (χ2v) is 7.31. The number of nitrogens with one attached hydrogen (secondary N) is 1. The largest absolute Gasteiger partial charge is 0.350 e. The highest BCUT2D eigenvalue weighted by atomic mass is 32.1. The van der Waals surface area contributed by atoms with Crippen LogP contribution in [-0.4, -0.2) is 28.7 Å². The van der Waals surface area contributed by atoms with Crippen LogP contribution in [-0.2, 0) is 0 Å². The van der Waals surface area contributed by atoms with E-state index in [1.165, 1.54) is 11.3 Å². The van der Waals surface area contributed by atoms with Gasteiger partial charge in [0.1, 0.15) is 0 Å². The van der Waals surface area contributed by atoms with E-state index in [4.69, 9.17) is 0 Å². The topological polar surface area (TPSA) is 79.4 Å². The third-order valence-electron chi connectivity index (χ3n) is 4.04. The van der Waals surface area contributed by atoms with Gasteiger partial charge in [0, 0.05) is 11.6 Å². The molecule has 26 heavy (non-hydrogen) atoms. The van der Waals surface area contributed by atoms with E-state index in [0.717, 1.165) is 9.60 Å². The summed E-state index contributed by atoms with van der Waals surface area (Å²) in [6.07, 6.45) is 0. The average molecular weight is 365 g/mol. The van der Waals surface area contributed by atoms with Gasteiger partial charge in [-0.2, -0.15) is 0 Å². The zero-order valence-electron chi connectivity index (χ0n) is 14.1. The molecule has 0 saturated heterocycles. The van der Waals surface area contributed by atoms with E-state index in [-0.39, 0.29) is 23.8 Å². The van der Waals surface area contributed by atoms with Gasteiger partial charge in [-0.3, -0.25) is 14.4 Å². The lowest BCUT2D eigenvalue weighted by atomic mass is 10.1. The smallest absolute Gasteiger partial charge is 0.268 e. The van der Waals surface area contributed by atoms with Crippen molar-refractivity contribution < 1.29 is 14.4 Å². The van der Waals surface area contributed by atoms with Crippen molar-refractivity contribution in [2.75, 3.05) is 4.90 Å². The summed E-state index contributed by atoms with van der Waals surface area (Å²) in [5.74, 6) is -0.914. The second-order valence-electron chi connectivity index (χ2n) is 6.30. The van der Waals surface area contributed by atoms with E-state index in [1.54, 1.807) is 42.5 Å². The minimum atomic E-state index is -0.373. The highest BCUT2D eigenvalue weighted by Gasteiger charge is 2.38. The molecule has 0 aliphatic carbocycles. The fraction of sp³-hybridized carbons (Fsp3) is 0.158. The fourth-order valence-corrected chi connectivity index (χ4v) is 3.86. The molecule has 0 spiro atoms. The van der Waals surface area contributed by atoms with Crippen LogP contribution in [0.5, 0.6) is 0 Å². The molecule has 2 heterocycles. The van der Waals surface area contributed by atoms with E-state index in [1.807, 2.05) is 13.8 Å². The van der Waals surface area contributed by atoms with Crippen molar-refractivity contribution in [1.29, 1.82) is 0 Å². The molecule has 130 valence electrons. The summed E-state index contributed by atoms with van der Waals surface area (Å²) in [4.78, 5) is 42.9. The molecule has 0 atom stereocenters. The molecule has 0 fully saturated rings. The van der Waals surface area contributed by atoms with Gasteiger partial charge in [-0.15, -0.1) is 0 Å². The molecule has 2 aromatic carbocycles. The number of rotatable bonds is 3. The molecule has 6 nitrogen and oxygen atoms in total. The Bertz CT molecular complexity index is 1040. The lowest BCUT2D eigenvalue weighted by Crippen LogP contribution is -2.29. The Morgan fingerprint density at radius 2 is 1.73 bits per heavy atom. The molecule has 1 aliphatic rings. The van der Waals surface area contributed by atoms with Crippen LogP contribution >= 0.6 is 11.3 Å². The van der Waals surface area contributed by atoms with Crippen molar-refractivity contribution in [2.24, 2.45) is 0 Å². The average Bonchev–Trinajstić information content (AvgIpc) is 3.13. The van der Waals surface area contributed by atoms with E-state index in [9.17, 15) is 14.4 Å². The molecule has 0 radical (unpaired) electrons. The van der Waals surface area contributed by atoms with E-state index in [0.29, 0.717) is 27.3 Å². The van der Waals surface area contributed by atoms with Gasteiger partial charge in [-0.05, 0) is 44.2 Å². The third-order valence-corrected chi connectivity index (χ3v) is 5.05. The molecule has 4 rings (SSSR count). The van der Waals surface area contributed by atoms with Gasteiger partial charge in [0.25, 0.3) is 17.7 Å². The summed E-state index contributed by atoms with van der Waals surface area (Å²) in [7, 11) is 0. The summed E-state index contributed by atoms with van der Waals surface area (Å²) in [6.45, 7) is 3.78. The summed E-state index contributed by atoms with van der Waals surface area (Å²) in [5.41, 5.74) is 1.92. The first-order valence-electron chi connectivity index (χ1n) is 8.15. The predicted octanol–water partition coefficient (Wildman–Crippen LogP) is 3.24. The third kappa shape index (κ3) is 2.57. The van der Waals surface area contributed by atoms with Gasteiger partial charge in [0.15, 0.2) is 0 Å². The molecule has 0 unspecified atom stereocenters. The zero-order chi connectivity index (χ0) is 18.4. The number of hydrogen-bond acceptors (Lipinski definition) is 5. The van der Waals surface area contributed by atoms with Crippen LogP contribution in [0, 0.1) is 0 Å². The number of hydrogen-bond donors (Lipinski definition) is 1. The maximum absolute atomic E-state index is 12.6. The maximum Gasteiger partial charge on any atom is 0.268 e. The van der Waals surface area contributed by atoms with Crippen molar-refractivity contribution >= 4 is 44.4 Å². The van der Waals surface area contributed by atoms with E-state index < -0.39 is 0 Å². The van der Waals surface area contributed by atoms with Crippen LogP contribution in [0.1, 0.15) is 44.9 Å². The minimum absolute atomic E-state index is 0.0357. The Morgan fingerprint density at radius 1 is 1.08 bits per heavy atom. The van der Waals surface area contributed by atoms with Gasteiger partial charge in [-0.1, -0.05) is 23.5 Å². The van der Waals surface area contributed by atoms with Crippen LogP contribution < -0.4 is 10.2 Å². The van der Waals surface area contributed by atoms with E-state index >= 15 is 0 Å². The number of carbonyl (C=O) groups excluding carboxylic acids is 3. The molecule has 3 aromatic rings. The molecule has 7 heteroatoms. The summed E-state index contributed by atoms with van der Waals surface area (Å²) < 4.78 is 0.743. The first kappa shape index (κ1) is 16.4. The lowest BCUT2D eigenvalue weighted by molar-refractivity contribution is 0.0920. The monoisotopic (exact) mass is 365 g/mol. The predicted molar refractivity (Wildman–Crippen MR) is 99.8 cm³/mol. The van der Waals surface area contributed by atoms with Crippen molar-refractivity contribution in [3.05, 3.63) is 59.2 Å². The summed E-state index contributed by atoms with van der Waals surface area (Å²) in [6, 6.07) is 11.9. The molecule has 3 amide bonds. The van der Waals surface area contributed by atoms with Crippen LogP contribution in [0.4, 0.5) is 5.13 Å². The summed E-state index contributed by atoms with van der Waals surface area (Å²) in [5, 5.41) is 3.15. The first-order chi connectivity index (χ1) is 12.5. The second kappa shape index (κ2) is 6.03. The molecular formula is C19H15N3O3S. The SMILES string of the molecule is CC(C)NC(=O)c1ccc2nc(N3C(=O)c4ccccc4C3=O)sc2c1. The molecule has 1 aliphatic heterocycles. The van der Waals surface area contributed by atoms with Crippen LogP contribution in [0.25, 0.3) is 10.2 Å². The Morgan fingerprint density at radius 3 is 2.35 bits per heavy atom. The standard InChI is InChI=1S/C19H15N3O3S/c1-10(2)20-16(23)11-7-8-14-15(9-11)26-19(21-14)22-17(24)12-5-3-4-6-13(12)18(22)25/h3-10H,1-2H3,(H,20,23). The normalized spacial score (nSPS) is 13.6. The molecule has 0 saturated carbocycles. The number of anilines is 1. The van der Waals surface area contributed by atoms with Gasteiger partial charge in [-0.25, -0.2) is 9.88 Å². The Balaban J connectivity index is 1.72. The quantitative estimate of drug-likeness (QED) is 0.723. The van der Waals surface area contributed by atoms with Gasteiger partial charge < -0.3 is 5.32 Å². The van der Waals surface area contributed by atoms with Gasteiger partial charge in [0.2, 0.25) is 5.13 Å². The minimum Gasteiger partial charge on any atom is -0.350 e. The maximum atomic E-state index is 12.6. The number of aromatic nitrogens is 1. The van der Waals surface area contributed by atoms with Gasteiger partial charge in [0.05, 0.1) is 21.3 Å². The van der Waals surface area contributed by atoms with Crippen molar-refractivity contribution in [3.8, 4) is 0 Å². The zero-order valence-corrected chi connectivity index (χ0v) is 15.0. The van der Waals surface area contributed by atoms with E-state index in [2.05, 4.69) is 10.3 Å². The number of fused-ring (bicyclic) bond motifs is 2.